The molecule has 1 spiro atoms. The predicted octanol–water partition coefficient (Wildman–Crippen LogP) is 3.00. The Morgan fingerprint density at radius 3 is 2.70 bits per heavy atom. The molecule has 1 N–H and O–H groups in total. The number of methoxy groups -OCH3 is 1. The predicted molar refractivity (Wildman–Crippen MR) is 138 cm³/mol. The third kappa shape index (κ3) is 3.59. The SMILES string of the molecule is COc1c(C)cc2c3c1O[C@H]1CN(C(=O)Cc4cc(C(F)(F)F)n(C)n4)CC[C@@]4(O)[C@@H](C2)N(CC2CC2)CC[C@]314. The second-order valence-corrected chi connectivity index (χ2v) is 12.4. The Hall–Kier alpha value is -2.79. The molecular weight excluding hydrogens is 525 g/mol. The lowest BCUT2D eigenvalue weighted by atomic mass is 9.52. The molecule has 0 unspecified atom stereocenters. The van der Waals surface area contributed by atoms with Gasteiger partial charge in [-0.25, -0.2) is 0 Å². The summed E-state index contributed by atoms with van der Waals surface area (Å²) in [4.78, 5) is 17.7. The summed E-state index contributed by atoms with van der Waals surface area (Å²) in [6, 6.07) is 3.01. The van der Waals surface area contributed by atoms with E-state index in [1.807, 2.05) is 6.92 Å². The zero-order chi connectivity index (χ0) is 28.2. The average molecular weight is 561 g/mol. The number of carbonyl (C=O) groups is 1. The van der Waals surface area contributed by atoms with Crippen LogP contribution < -0.4 is 9.47 Å². The number of benzene rings is 1. The van der Waals surface area contributed by atoms with Gasteiger partial charge in [-0.15, -0.1) is 0 Å². The number of amides is 1. The first-order valence-electron chi connectivity index (χ1n) is 14.2. The number of halogens is 3. The third-order valence-corrected chi connectivity index (χ3v) is 10.2. The molecule has 40 heavy (non-hydrogen) atoms. The van der Waals surface area contributed by atoms with Crippen molar-refractivity contribution in [1.82, 2.24) is 19.6 Å². The van der Waals surface area contributed by atoms with Crippen molar-refractivity contribution in [1.29, 1.82) is 0 Å². The van der Waals surface area contributed by atoms with Gasteiger partial charge in [0, 0.05) is 31.7 Å². The first kappa shape index (κ1) is 26.1. The fourth-order valence-electron chi connectivity index (χ4n) is 8.24. The zero-order valence-electron chi connectivity index (χ0n) is 23.1. The molecule has 2 bridgehead atoms. The van der Waals surface area contributed by atoms with Crippen LogP contribution in [0.15, 0.2) is 12.1 Å². The summed E-state index contributed by atoms with van der Waals surface area (Å²) in [7, 11) is 2.85. The molecule has 1 amide bonds. The van der Waals surface area contributed by atoms with Crippen LogP contribution in [0.25, 0.3) is 0 Å². The summed E-state index contributed by atoms with van der Waals surface area (Å²) in [5.74, 6) is 1.68. The fraction of sp³-hybridized carbons (Fsp3) is 0.655. The number of rotatable bonds is 5. The van der Waals surface area contributed by atoms with E-state index in [4.69, 9.17) is 9.47 Å². The number of nitrogens with zero attached hydrogens (tertiary/aromatic N) is 4. The molecule has 1 aromatic heterocycles. The van der Waals surface area contributed by atoms with Crippen molar-refractivity contribution in [3.63, 3.8) is 0 Å². The molecule has 4 atom stereocenters. The van der Waals surface area contributed by atoms with Crippen LogP contribution in [0.2, 0.25) is 0 Å². The summed E-state index contributed by atoms with van der Waals surface area (Å²) < 4.78 is 53.2. The summed E-state index contributed by atoms with van der Waals surface area (Å²) in [5.41, 5.74) is 0.558. The molecule has 5 aliphatic rings. The number of piperidine rings is 1. The molecule has 216 valence electrons. The molecule has 8 nitrogen and oxygen atoms in total. The van der Waals surface area contributed by atoms with Crippen LogP contribution in [0.3, 0.4) is 0 Å². The van der Waals surface area contributed by atoms with Crippen molar-refractivity contribution >= 4 is 5.91 Å². The molecule has 7 rings (SSSR count). The number of likely N-dealkylation sites (tertiary alicyclic amines) is 2. The normalized spacial score (nSPS) is 31.0. The van der Waals surface area contributed by atoms with Crippen molar-refractivity contribution in [3.8, 4) is 11.5 Å². The van der Waals surface area contributed by atoms with E-state index in [0.29, 0.717) is 43.2 Å². The Morgan fingerprint density at radius 1 is 1.25 bits per heavy atom. The lowest BCUT2D eigenvalue weighted by Crippen LogP contribution is -2.74. The minimum absolute atomic E-state index is 0.0721. The fourth-order valence-corrected chi connectivity index (χ4v) is 8.24. The molecule has 2 aliphatic carbocycles. The number of ether oxygens (including phenoxy) is 2. The van der Waals surface area contributed by atoms with Crippen LogP contribution in [0.1, 0.15) is 53.8 Å². The van der Waals surface area contributed by atoms with Crippen molar-refractivity contribution in [2.75, 3.05) is 33.3 Å². The maximum Gasteiger partial charge on any atom is 0.433 e. The molecule has 1 saturated carbocycles. The molecule has 11 heteroatoms. The molecule has 3 fully saturated rings. The second-order valence-electron chi connectivity index (χ2n) is 12.4. The van der Waals surface area contributed by atoms with E-state index in [-0.39, 0.29) is 30.6 Å². The maximum absolute atomic E-state index is 13.6. The first-order valence-corrected chi connectivity index (χ1v) is 14.2. The number of alkyl halides is 3. The molecule has 2 saturated heterocycles. The highest BCUT2D eigenvalue weighted by Crippen LogP contribution is 2.64. The summed E-state index contributed by atoms with van der Waals surface area (Å²) in [6.45, 7) is 4.36. The van der Waals surface area contributed by atoms with Gasteiger partial charge in [0.1, 0.15) is 11.8 Å². The molecule has 1 aromatic carbocycles. The molecule has 2 aromatic rings. The number of aliphatic hydroxyl groups is 1. The zero-order valence-corrected chi connectivity index (χ0v) is 23.1. The van der Waals surface area contributed by atoms with Gasteiger partial charge in [0.2, 0.25) is 5.91 Å². The number of hydrogen-bond acceptors (Lipinski definition) is 6. The Morgan fingerprint density at radius 2 is 2.02 bits per heavy atom. The van der Waals surface area contributed by atoms with Gasteiger partial charge < -0.3 is 19.5 Å². The van der Waals surface area contributed by atoms with E-state index in [1.54, 1.807) is 12.0 Å². The van der Waals surface area contributed by atoms with E-state index in [2.05, 4.69) is 16.1 Å². The number of aromatic nitrogens is 2. The minimum Gasteiger partial charge on any atom is -0.493 e. The average Bonchev–Trinajstić information content (AvgIpc) is 3.55. The van der Waals surface area contributed by atoms with Gasteiger partial charge in [-0.2, -0.15) is 18.3 Å². The Labute approximate surface area is 231 Å². The van der Waals surface area contributed by atoms with Crippen molar-refractivity contribution in [2.45, 2.75) is 74.8 Å². The standard InChI is InChI=1S/C29H35F3N4O4/c1-16-10-18-11-20-28(38)7-9-36(23(37)13-19-12-21(29(30,31)32)34(2)33-19)15-22-27(28,6-8-35(20)14-17-4-5-17)24(18)26(40-22)25(16)39-3/h10,12,17,20,22,38H,4-9,11,13-15H2,1-3H3/t20-,22+,27-,28-/m1/s1. The lowest BCUT2D eigenvalue weighted by Gasteiger charge is -2.60. The molecule has 0 radical (unpaired) electrons. The van der Waals surface area contributed by atoms with E-state index in [9.17, 15) is 23.1 Å². The van der Waals surface area contributed by atoms with Gasteiger partial charge in [0.05, 0.1) is 36.8 Å². The van der Waals surface area contributed by atoms with Crippen LogP contribution in [0, 0.1) is 12.8 Å². The number of hydrogen-bond donors (Lipinski definition) is 1. The highest BCUT2D eigenvalue weighted by atomic mass is 19.4. The Balaban J connectivity index is 1.26. The quantitative estimate of drug-likeness (QED) is 0.606. The van der Waals surface area contributed by atoms with Gasteiger partial charge in [-0.1, -0.05) is 6.07 Å². The topological polar surface area (TPSA) is 80.1 Å². The Bertz CT molecular complexity index is 1390. The molecule has 4 heterocycles. The second kappa shape index (κ2) is 8.61. The lowest BCUT2D eigenvalue weighted by molar-refractivity contribution is -0.162. The monoisotopic (exact) mass is 560 g/mol. The summed E-state index contributed by atoms with van der Waals surface area (Å²) in [6.07, 6.45) is -1.06. The smallest absolute Gasteiger partial charge is 0.433 e. The number of carbonyl (C=O) groups excluding carboxylic acids is 1. The highest BCUT2D eigenvalue weighted by molar-refractivity contribution is 5.79. The Kier molecular flexibility index (Phi) is 5.62. The number of aryl methyl sites for hydroxylation is 2. The van der Waals surface area contributed by atoms with Crippen LogP contribution in [-0.4, -0.2) is 81.6 Å². The van der Waals surface area contributed by atoms with Crippen molar-refractivity contribution in [2.24, 2.45) is 13.0 Å². The minimum atomic E-state index is -4.55. The third-order valence-electron chi connectivity index (χ3n) is 10.2. The van der Waals surface area contributed by atoms with Crippen LogP contribution >= 0.6 is 0 Å². The van der Waals surface area contributed by atoms with Gasteiger partial charge >= 0.3 is 6.18 Å². The molecular formula is C29H35F3N4O4. The van der Waals surface area contributed by atoms with Crippen LogP contribution in [-0.2, 0) is 36.3 Å². The largest absolute Gasteiger partial charge is 0.493 e. The summed E-state index contributed by atoms with van der Waals surface area (Å²) in [5, 5.41) is 16.8. The van der Waals surface area contributed by atoms with Gasteiger partial charge in [-0.3, -0.25) is 14.4 Å². The van der Waals surface area contributed by atoms with E-state index < -0.39 is 29.0 Å². The summed E-state index contributed by atoms with van der Waals surface area (Å²) >= 11 is 0. The van der Waals surface area contributed by atoms with Gasteiger partial charge in [0.25, 0.3) is 0 Å². The van der Waals surface area contributed by atoms with Crippen molar-refractivity contribution in [3.05, 3.63) is 40.2 Å². The van der Waals surface area contributed by atoms with Crippen LogP contribution in [0.5, 0.6) is 11.5 Å². The van der Waals surface area contributed by atoms with Crippen molar-refractivity contribution < 1.29 is 32.5 Å². The van der Waals surface area contributed by atoms with Crippen LogP contribution in [0.4, 0.5) is 13.2 Å². The first-order chi connectivity index (χ1) is 19.0. The van der Waals surface area contributed by atoms with E-state index in [1.165, 1.54) is 25.5 Å². The van der Waals surface area contributed by atoms with E-state index in [0.717, 1.165) is 35.0 Å². The van der Waals surface area contributed by atoms with E-state index >= 15 is 0 Å². The highest BCUT2D eigenvalue weighted by Gasteiger charge is 2.71. The molecule has 3 aliphatic heterocycles. The van der Waals surface area contributed by atoms with Gasteiger partial charge in [0.15, 0.2) is 11.5 Å². The maximum atomic E-state index is 13.6. The van der Waals surface area contributed by atoms with Gasteiger partial charge in [-0.05, 0) is 68.7 Å².